The molecule has 5 rings (SSSR count). The van der Waals surface area contributed by atoms with E-state index in [1.54, 1.807) is 42.5 Å². The Kier molecular flexibility index (Phi) is 7.40. The molecule has 1 saturated heterocycles. The molecule has 37 heavy (non-hydrogen) atoms. The fraction of sp³-hybridized carbons (Fsp3) is 0.115. The molecule has 0 atom stereocenters. The zero-order chi connectivity index (χ0) is 25.9. The fourth-order valence-electron chi connectivity index (χ4n) is 3.63. The molecule has 0 unspecified atom stereocenters. The van der Waals surface area contributed by atoms with Crippen LogP contribution in [0.5, 0.6) is 17.2 Å². The Morgan fingerprint density at radius 3 is 2.76 bits per heavy atom. The highest BCUT2D eigenvalue weighted by Gasteiger charge is 2.36. The molecule has 2 aliphatic rings. The summed E-state index contributed by atoms with van der Waals surface area (Å²) in [6, 6.07) is 17.6. The van der Waals surface area contributed by atoms with E-state index in [0.29, 0.717) is 33.5 Å². The highest BCUT2D eigenvalue weighted by atomic mass is 79.9. The number of nitrogens with zero attached hydrogens (tertiary/aromatic N) is 1. The summed E-state index contributed by atoms with van der Waals surface area (Å²) >= 11 is 10.4. The number of rotatable bonds is 7. The summed E-state index contributed by atoms with van der Waals surface area (Å²) in [4.78, 5) is 39.3. The number of thioether (sulfide) groups is 1. The van der Waals surface area contributed by atoms with Gasteiger partial charge in [0.05, 0.1) is 4.91 Å². The van der Waals surface area contributed by atoms with Gasteiger partial charge in [0, 0.05) is 32.4 Å². The van der Waals surface area contributed by atoms with E-state index in [-0.39, 0.29) is 18.3 Å². The molecule has 1 N–H and O–H groups in total. The number of hydrogen-bond donors (Lipinski definition) is 1. The van der Waals surface area contributed by atoms with Crippen LogP contribution in [-0.2, 0) is 16.2 Å². The Labute approximate surface area is 229 Å². The molecule has 0 radical (unpaired) electrons. The Balaban J connectivity index is 1.28. The SMILES string of the molecule is O=C(CN1C(=O)S/C(=C/c2cc(Br)ccc2OCc2ccccc2Cl)C1=O)Nc1ccc2c(c1)OCO2. The summed E-state index contributed by atoms with van der Waals surface area (Å²) < 4.78 is 17.3. The normalized spacial score (nSPS) is 15.4. The van der Waals surface area contributed by atoms with E-state index in [4.69, 9.17) is 25.8 Å². The largest absolute Gasteiger partial charge is 0.488 e. The molecule has 0 saturated carbocycles. The number of imide groups is 1. The second-order valence-corrected chi connectivity index (χ2v) is 10.3. The van der Waals surface area contributed by atoms with Gasteiger partial charge in [0.1, 0.15) is 18.9 Å². The number of amides is 3. The van der Waals surface area contributed by atoms with Gasteiger partial charge in [-0.15, -0.1) is 0 Å². The number of carbonyl (C=O) groups excluding carboxylic acids is 3. The molecular weight excluding hydrogens is 584 g/mol. The second kappa shape index (κ2) is 10.9. The first-order valence-corrected chi connectivity index (χ1v) is 13.0. The van der Waals surface area contributed by atoms with Crippen LogP contribution < -0.4 is 19.5 Å². The molecule has 3 aromatic rings. The van der Waals surface area contributed by atoms with E-state index in [2.05, 4.69) is 21.2 Å². The third-order valence-electron chi connectivity index (χ3n) is 5.43. The van der Waals surface area contributed by atoms with Crippen LogP contribution in [0.3, 0.4) is 0 Å². The van der Waals surface area contributed by atoms with Crippen LogP contribution in [0.2, 0.25) is 5.02 Å². The van der Waals surface area contributed by atoms with E-state index in [1.165, 1.54) is 0 Å². The Morgan fingerprint density at radius 2 is 1.92 bits per heavy atom. The van der Waals surface area contributed by atoms with Gasteiger partial charge in [-0.3, -0.25) is 19.3 Å². The van der Waals surface area contributed by atoms with Crippen LogP contribution in [0, 0.1) is 0 Å². The summed E-state index contributed by atoms with van der Waals surface area (Å²) in [5, 5.41) is 2.72. The molecule has 188 valence electrons. The first kappa shape index (κ1) is 25.2. The number of carbonyl (C=O) groups is 3. The minimum absolute atomic E-state index is 0.112. The summed E-state index contributed by atoms with van der Waals surface area (Å²) in [7, 11) is 0. The quantitative estimate of drug-likeness (QED) is 0.328. The maximum absolute atomic E-state index is 13.0. The highest BCUT2D eigenvalue weighted by molar-refractivity contribution is 9.10. The lowest BCUT2D eigenvalue weighted by Gasteiger charge is -2.13. The first-order chi connectivity index (χ1) is 17.9. The number of ether oxygens (including phenoxy) is 3. The van der Waals surface area contributed by atoms with Crippen LogP contribution in [0.1, 0.15) is 11.1 Å². The van der Waals surface area contributed by atoms with Gasteiger partial charge in [0.25, 0.3) is 11.1 Å². The van der Waals surface area contributed by atoms with Crippen LogP contribution in [-0.4, -0.2) is 35.3 Å². The maximum atomic E-state index is 13.0. The van der Waals surface area contributed by atoms with Crippen molar-refractivity contribution >= 4 is 68.1 Å². The zero-order valence-electron chi connectivity index (χ0n) is 19.0. The van der Waals surface area contributed by atoms with Crippen molar-refractivity contribution in [2.24, 2.45) is 0 Å². The van der Waals surface area contributed by atoms with Gasteiger partial charge in [0.15, 0.2) is 11.5 Å². The predicted molar refractivity (Wildman–Crippen MR) is 144 cm³/mol. The maximum Gasteiger partial charge on any atom is 0.294 e. The molecule has 2 heterocycles. The molecule has 0 aromatic heterocycles. The zero-order valence-corrected chi connectivity index (χ0v) is 22.2. The average molecular weight is 602 g/mol. The van der Waals surface area contributed by atoms with Crippen molar-refractivity contribution in [3.05, 3.63) is 86.2 Å². The van der Waals surface area contributed by atoms with Gasteiger partial charge in [-0.05, 0) is 54.2 Å². The average Bonchev–Trinajstić information content (AvgIpc) is 3.44. The number of benzene rings is 3. The van der Waals surface area contributed by atoms with Gasteiger partial charge < -0.3 is 19.5 Å². The second-order valence-electron chi connectivity index (χ2n) is 7.95. The number of fused-ring (bicyclic) bond motifs is 1. The standard InChI is InChI=1S/C26H18BrClN2O6S/c27-17-5-7-20(34-13-15-3-1-2-4-19(15)28)16(9-17)10-23-25(32)30(26(33)37-23)12-24(31)29-18-6-8-21-22(11-18)36-14-35-21/h1-11H,12-14H2,(H,29,31)/b23-10+. The van der Waals surface area contributed by atoms with E-state index in [1.807, 2.05) is 24.3 Å². The van der Waals surface area contributed by atoms with Crippen LogP contribution >= 0.6 is 39.3 Å². The van der Waals surface area contributed by atoms with Crippen LogP contribution in [0.4, 0.5) is 10.5 Å². The Morgan fingerprint density at radius 1 is 1.11 bits per heavy atom. The molecular formula is C26H18BrClN2O6S. The third-order valence-corrected chi connectivity index (χ3v) is 7.20. The number of anilines is 1. The van der Waals surface area contributed by atoms with Gasteiger partial charge in [-0.2, -0.15) is 0 Å². The van der Waals surface area contributed by atoms with E-state index < -0.39 is 23.6 Å². The molecule has 0 aliphatic carbocycles. The molecule has 0 bridgehead atoms. The van der Waals surface area contributed by atoms with Gasteiger partial charge >= 0.3 is 0 Å². The molecule has 8 nitrogen and oxygen atoms in total. The third kappa shape index (κ3) is 5.76. The lowest BCUT2D eigenvalue weighted by atomic mass is 10.1. The molecule has 1 fully saturated rings. The monoisotopic (exact) mass is 600 g/mol. The lowest BCUT2D eigenvalue weighted by Crippen LogP contribution is -2.36. The van der Waals surface area contributed by atoms with Crippen molar-refractivity contribution in [3.63, 3.8) is 0 Å². The van der Waals surface area contributed by atoms with Crippen molar-refractivity contribution in [1.82, 2.24) is 4.90 Å². The lowest BCUT2D eigenvalue weighted by molar-refractivity contribution is -0.127. The molecule has 3 amide bonds. The van der Waals surface area contributed by atoms with E-state index >= 15 is 0 Å². The fourth-order valence-corrected chi connectivity index (χ4v) is 5.03. The van der Waals surface area contributed by atoms with Crippen molar-refractivity contribution in [2.75, 3.05) is 18.7 Å². The highest BCUT2D eigenvalue weighted by Crippen LogP contribution is 2.36. The minimum atomic E-state index is -0.562. The van der Waals surface area contributed by atoms with Gasteiger partial charge in [-0.1, -0.05) is 45.7 Å². The van der Waals surface area contributed by atoms with Crippen molar-refractivity contribution in [2.45, 2.75) is 6.61 Å². The van der Waals surface area contributed by atoms with Crippen LogP contribution in [0.15, 0.2) is 70.0 Å². The first-order valence-electron chi connectivity index (χ1n) is 11.0. The smallest absolute Gasteiger partial charge is 0.294 e. The van der Waals surface area contributed by atoms with E-state index in [9.17, 15) is 14.4 Å². The van der Waals surface area contributed by atoms with Crippen molar-refractivity contribution < 1.29 is 28.6 Å². The summed E-state index contributed by atoms with van der Waals surface area (Å²) in [5.74, 6) is 0.516. The van der Waals surface area contributed by atoms with E-state index in [0.717, 1.165) is 26.7 Å². The number of halogens is 2. The van der Waals surface area contributed by atoms with Crippen LogP contribution in [0.25, 0.3) is 6.08 Å². The predicted octanol–water partition coefficient (Wildman–Crippen LogP) is 6.09. The Bertz CT molecular complexity index is 1450. The van der Waals surface area contributed by atoms with Gasteiger partial charge in [0.2, 0.25) is 12.7 Å². The molecule has 2 aliphatic heterocycles. The number of hydrogen-bond acceptors (Lipinski definition) is 7. The summed E-state index contributed by atoms with van der Waals surface area (Å²) in [5.41, 5.74) is 1.87. The number of nitrogens with one attached hydrogen (secondary N) is 1. The summed E-state index contributed by atoms with van der Waals surface area (Å²) in [6.45, 7) is -0.0883. The van der Waals surface area contributed by atoms with Crippen molar-refractivity contribution in [3.8, 4) is 17.2 Å². The summed E-state index contributed by atoms with van der Waals surface area (Å²) in [6.07, 6.45) is 1.58. The van der Waals surface area contributed by atoms with Crippen molar-refractivity contribution in [1.29, 1.82) is 0 Å². The topological polar surface area (TPSA) is 94.2 Å². The van der Waals surface area contributed by atoms with Gasteiger partial charge in [-0.25, -0.2) is 0 Å². The Hall–Kier alpha value is -3.47. The molecule has 0 spiro atoms. The minimum Gasteiger partial charge on any atom is -0.488 e. The molecule has 11 heteroatoms. The molecule has 3 aromatic carbocycles.